The normalized spacial score (nSPS) is 9.00. The number of carboxylic acids is 1. The fraction of sp³-hybridized carbons (Fsp3) is 0.667. The summed E-state index contributed by atoms with van der Waals surface area (Å²) in [6, 6.07) is 0. The van der Waals surface area contributed by atoms with Crippen LogP contribution in [0.1, 0.15) is 32.1 Å². The second-order valence-electron chi connectivity index (χ2n) is 2.86. The van der Waals surface area contributed by atoms with Crippen molar-refractivity contribution in [3.05, 3.63) is 12.2 Å². The maximum atomic E-state index is 10.3. The number of nitrogens with two attached hydrogens (primary N) is 1. The standard InChI is InChI=1S/C9H17NO2.ClH/c1-8(9(11)12)6-4-2-3-5-7-10;/h1-7,10H2,(H,11,12);1H. The van der Waals surface area contributed by atoms with Crippen molar-refractivity contribution < 1.29 is 9.90 Å². The molecule has 0 spiro atoms. The average molecular weight is 208 g/mol. The first-order chi connectivity index (χ1) is 5.68. The molecular formula is C9H18ClNO2. The van der Waals surface area contributed by atoms with Gasteiger partial charge in [0.05, 0.1) is 0 Å². The van der Waals surface area contributed by atoms with Gasteiger partial charge in [0.2, 0.25) is 0 Å². The Hall–Kier alpha value is -0.540. The van der Waals surface area contributed by atoms with Crippen LogP contribution in [-0.4, -0.2) is 17.6 Å². The van der Waals surface area contributed by atoms with Crippen molar-refractivity contribution >= 4 is 18.4 Å². The number of rotatable bonds is 7. The van der Waals surface area contributed by atoms with Crippen LogP contribution in [0.5, 0.6) is 0 Å². The van der Waals surface area contributed by atoms with Crippen LogP contribution in [0.15, 0.2) is 12.2 Å². The summed E-state index contributed by atoms with van der Waals surface area (Å²) in [5, 5.41) is 8.47. The third kappa shape index (κ3) is 9.37. The molecule has 0 aromatic carbocycles. The molecule has 0 rings (SSSR count). The Labute approximate surface area is 85.4 Å². The highest BCUT2D eigenvalue weighted by atomic mass is 35.5. The lowest BCUT2D eigenvalue weighted by Crippen LogP contribution is -2.00. The minimum atomic E-state index is -0.881. The van der Waals surface area contributed by atoms with Crippen molar-refractivity contribution in [3.8, 4) is 0 Å². The average Bonchev–Trinajstić information content (AvgIpc) is 2.03. The quantitative estimate of drug-likeness (QED) is 0.496. The fourth-order valence-electron chi connectivity index (χ4n) is 0.943. The van der Waals surface area contributed by atoms with Gasteiger partial charge in [0.25, 0.3) is 0 Å². The maximum absolute atomic E-state index is 10.3. The molecule has 0 aliphatic carbocycles. The number of unbranched alkanes of at least 4 members (excludes halogenated alkanes) is 3. The second kappa shape index (κ2) is 9.55. The number of carbonyl (C=O) groups is 1. The van der Waals surface area contributed by atoms with Gasteiger partial charge in [0.15, 0.2) is 0 Å². The van der Waals surface area contributed by atoms with Gasteiger partial charge in [0, 0.05) is 5.57 Å². The minimum absolute atomic E-state index is 0. The highest BCUT2D eigenvalue weighted by Crippen LogP contribution is 2.07. The number of hydrogen-bond donors (Lipinski definition) is 2. The van der Waals surface area contributed by atoms with E-state index in [0.717, 1.165) is 32.2 Å². The molecule has 0 saturated heterocycles. The summed E-state index contributed by atoms with van der Waals surface area (Å²) in [6.07, 6.45) is 4.66. The van der Waals surface area contributed by atoms with Crippen LogP contribution >= 0.6 is 12.4 Å². The lowest BCUT2D eigenvalue weighted by molar-refractivity contribution is -0.132. The predicted molar refractivity (Wildman–Crippen MR) is 56.2 cm³/mol. The molecule has 0 atom stereocenters. The third-order valence-electron chi connectivity index (χ3n) is 1.74. The van der Waals surface area contributed by atoms with Crippen molar-refractivity contribution in [2.24, 2.45) is 5.73 Å². The summed E-state index contributed by atoms with van der Waals surface area (Å²) >= 11 is 0. The van der Waals surface area contributed by atoms with E-state index in [2.05, 4.69) is 6.58 Å². The Bertz CT molecular complexity index is 160. The van der Waals surface area contributed by atoms with Gasteiger partial charge in [-0.15, -0.1) is 12.4 Å². The van der Waals surface area contributed by atoms with E-state index in [0.29, 0.717) is 12.0 Å². The largest absolute Gasteiger partial charge is 0.478 e. The molecule has 4 heteroatoms. The first kappa shape index (κ1) is 15.0. The molecule has 0 heterocycles. The van der Waals surface area contributed by atoms with Crippen LogP contribution in [-0.2, 0) is 4.79 Å². The summed E-state index contributed by atoms with van der Waals surface area (Å²) in [6.45, 7) is 4.17. The Morgan fingerprint density at radius 3 is 2.23 bits per heavy atom. The van der Waals surface area contributed by atoms with Gasteiger partial charge >= 0.3 is 5.97 Å². The van der Waals surface area contributed by atoms with E-state index in [4.69, 9.17) is 10.8 Å². The highest BCUT2D eigenvalue weighted by molar-refractivity contribution is 5.85. The Morgan fingerprint density at radius 1 is 1.23 bits per heavy atom. The van der Waals surface area contributed by atoms with Gasteiger partial charge in [-0.25, -0.2) is 4.79 Å². The zero-order valence-electron chi connectivity index (χ0n) is 7.79. The molecule has 0 fully saturated rings. The van der Waals surface area contributed by atoms with Crippen LogP contribution in [0.3, 0.4) is 0 Å². The molecule has 0 bridgehead atoms. The number of aliphatic carboxylic acids is 1. The molecule has 78 valence electrons. The summed E-state index contributed by atoms with van der Waals surface area (Å²) in [5.74, 6) is -0.881. The van der Waals surface area contributed by atoms with Crippen molar-refractivity contribution in [2.45, 2.75) is 32.1 Å². The van der Waals surface area contributed by atoms with E-state index in [1.807, 2.05) is 0 Å². The SMILES string of the molecule is C=C(CCCCCCN)C(=O)O.Cl. The van der Waals surface area contributed by atoms with Crippen LogP contribution in [0, 0.1) is 0 Å². The maximum Gasteiger partial charge on any atom is 0.330 e. The van der Waals surface area contributed by atoms with E-state index in [9.17, 15) is 4.79 Å². The van der Waals surface area contributed by atoms with Crippen molar-refractivity contribution in [1.29, 1.82) is 0 Å². The molecule has 0 unspecified atom stereocenters. The highest BCUT2D eigenvalue weighted by Gasteiger charge is 2.01. The van der Waals surface area contributed by atoms with Crippen molar-refractivity contribution in [1.82, 2.24) is 0 Å². The molecule has 0 aliphatic rings. The first-order valence-corrected chi connectivity index (χ1v) is 4.29. The number of halogens is 1. The van der Waals surface area contributed by atoms with Crippen LogP contribution in [0.4, 0.5) is 0 Å². The zero-order chi connectivity index (χ0) is 9.40. The Balaban J connectivity index is 0. The van der Waals surface area contributed by atoms with E-state index in [1.54, 1.807) is 0 Å². The lowest BCUT2D eigenvalue weighted by Gasteiger charge is -1.99. The molecular weight excluding hydrogens is 190 g/mol. The minimum Gasteiger partial charge on any atom is -0.478 e. The summed E-state index contributed by atoms with van der Waals surface area (Å²) in [4.78, 5) is 10.3. The van der Waals surface area contributed by atoms with Gasteiger partial charge in [-0.05, 0) is 25.8 Å². The van der Waals surface area contributed by atoms with Gasteiger partial charge in [0.1, 0.15) is 0 Å². The molecule has 13 heavy (non-hydrogen) atoms. The van der Waals surface area contributed by atoms with Gasteiger partial charge in [-0.2, -0.15) is 0 Å². The van der Waals surface area contributed by atoms with Crippen molar-refractivity contribution in [3.63, 3.8) is 0 Å². The Morgan fingerprint density at radius 2 is 1.77 bits per heavy atom. The Kier molecular flexibility index (Phi) is 11.0. The number of hydrogen-bond acceptors (Lipinski definition) is 2. The first-order valence-electron chi connectivity index (χ1n) is 4.29. The molecule has 0 radical (unpaired) electrons. The monoisotopic (exact) mass is 207 g/mol. The molecule has 3 N–H and O–H groups in total. The molecule has 0 aliphatic heterocycles. The predicted octanol–water partition coefficient (Wildman–Crippen LogP) is 1.96. The summed E-state index contributed by atoms with van der Waals surface area (Å²) in [7, 11) is 0. The molecule has 3 nitrogen and oxygen atoms in total. The van der Waals surface area contributed by atoms with E-state index in [-0.39, 0.29) is 12.4 Å². The molecule has 0 aromatic heterocycles. The van der Waals surface area contributed by atoms with E-state index >= 15 is 0 Å². The third-order valence-corrected chi connectivity index (χ3v) is 1.74. The number of carboxylic acid groups (broad SMARTS) is 1. The van der Waals surface area contributed by atoms with E-state index in [1.165, 1.54) is 0 Å². The molecule has 0 aromatic rings. The summed E-state index contributed by atoms with van der Waals surface area (Å²) in [5.41, 5.74) is 5.62. The van der Waals surface area contributed by atoms with Crippen LogP contribution < -0.4 is 5.73 Å². The van der Waals surface area contributed by atoms with Gasteiger partial charge in [-0.3, -0.25) is 0 Å². The van der Waals surface area contributed by atoms with Gasteiger partial charge < -0.3 is 10.8 Å². The van der Waals surface area contributed by atoms with Crippen LogP contribution in [0.2, 0.25) is 0 Å². The van der Waals surface area contributed by atoms with Gasteiger partial charge in [-0.1, -0.05) is 19.4 Å². The topological polar surface area (TPSA) is 63.3 Å². The fourth-order valence-corrected chi connectivity index (χ4v) is 0.943. The molecule has 0 saturated carbocycles. The summed E-state index contributed by atoms with van der Waals surface area (Å²) < 4.78 is 0. The molecule has 0 amide bonds. The van der Waals surface area contributed by atoms with Crippen molar-refractivity contribution in [2.75, 3.05) is 6.54 Å². The lowest BCUT2D eigenvalue weighted by atomic mass is 10.1. The smallest absolute Gasteiger partial charge is 0.330 e. The van der Waals surface area contributed by atoms with E-state index < -0.39 is 5.97 Å². The zero-order valence-corrected chi connectivity index (χ0v) is 8.61. The second-order valence-corrected chi connectivity index (χ2v) is 2.86. The van der Waals surface area contributed by atoms with Crippen LogP contribution in [0.25, 0.3) is 0 Å².